The number of rotatable bonds is 7. The monoisotopic (exact) mass is 386 g/mol. The minimum Gasteiger partial charge on any atom is -0.467 e. The number of hydrogen-bond donors (Lipinski definition) is 1. The fraction of sp³-hybridized carbons (Fsp3) is 0.211. The summed E-state index contributed by atoms with van der Waals surface area (Å²) in [6.07, 6.45) is 0.0765. The van der Waals surface area contributed by atoms with Crippen LogP contribution in [0, 0.1) is 10.1 Å². The van der Waals surface area contributed by atoms with Gasteiger partial charge >= 0.3 is 11.9 Å². The molecule has 9 heteroatoms. The van der Waals surface area contributed by atoms with Gasteiger partial charge in [0.1, 0.15) is 6.04 Å². The summed E-state index contributed by atoms with van der Waals surface area (Å²) in [6, 6.07) is 10.5. The molecule has 0 saturated carbocycles. The fourth-order valence-corrected chi connectivity index (χ4v) is 2.47. The van der Waals surface area contributed by atoms with E-state index >= 15 is 0 Å². The van der Waals surface area contributed by atoms with Crippen LogP contribution in [-0.4, -0.2) is 43.0 Å². The lowest BCUT2D eigenvalue weighted by atomic mass is 10.0. The Bertz CT molecular complexity index is 893. The van der Waals surface area contributed by atoms with Crippen LogP contribution in [0.5, 0.6) is 0 Å². The van der Waals surface area contributed by atoms with Crippen LogP contribution < -0.4 is 5.32 Å². The molecule has 2 rings (SSSR count). The van der Waals surface area contributed by atoms with E-state index in [1.54, 1.807) is 0 Å². The van der Waals surface area contributed by atoms with Crippen molar-refractivity contribution in [3.63, 3.8) is 0 Å². The van der Waals surface area contributed by atoms with Crippen molar-refractivity contribution in [1.29, 1.82) is 0 Å². The van der Waals surface area contributed by atoms with Crippen molar-refractivity contribution in [2.75, 3.05) is 14.2 Å². The van der Waals surface area contributed by atoms with E-state index in [0.29, 0.717) is 5.56 Å². The number of ether oxygens (including phenoxy) is 2. The van der Waals surface area contributed by atoms with Gasteiger partial charge in [0.05, 0.1) is 24.7 Å². The predicted octanol–water partition coefficient (Wildman–Crippen LogP) is 1.90. The summed E-state index contributed by atoms with van der Waals surface area (Å²) in [7, 11) is 2.42. The first-order valence-electron chi connectivity index (χ1n) is 8.16. The summed E-state index contributed by atoms with van der Waals surface area (Å²) in [6.45, 7) is 0. The molecule has 1 amide bonds. The predicted molar refractivity (Wildman–Crippen MR) is 97.9 cm³/mol. The summed E-state index contributed by atoms with van der Waals surface area (Å²) in [4.78, 5) is 46.4. The number of nitro groups is 1. The Morgan fingerprint density at radius 1 is 1.04 bits per heavy atom. The van der Waals surface area contributed by atoms with Gasteiger partial charge in [-0.05, 0) is 23.8 Å². The van der Waals surface area contributed by atoms with Crippen molar-refractivity contribution in [2.24, 2.45) is 0 Å². The first kappa shape index (κ1) is 20.6. The van der Waals surface area contributed by atoms with Gasteiger partial charge in [0, 0.05) is 24.1 Å². The van der Waals surface area contributed by atoms with Crippen LogP contribution in [0.1, 0.15) is 26.3 Å². The Morgan fingerprint density at radius 3 is 2.25 bits per heavy atom. The molecule has 1 N–H and O–H groups in total. The van der Waals surface area contributed by atoms with E-state index in [9.17, 15) is 24.5 Å². The maximum Gasteiger partial charge on any atom is 0.337 e. The summed E-state index contributed by atoms with van der Waals surface area (Å²) in [5.41, 5.74) is 0.882. The summed E-state index contributed by atoms with van der Waals surface area (Å²) in [5, 5.41) is 13.3. The second-order valence-electron chi connectivity index (χ2n) is 5.75. The van der Waals surface area contributed by atoms with Crippen molar-refractivity contribution in [3.8, 4) is 0 Å². The van der Waals surface area contributed by atoms with Gasteiger partial charge in [-0.25, -0.2) is 9.59 Å². The zero-order valence-corrected chi connectivity index (χ0v) is 15.2. The third kappa shape index (κ3) is 5.13. The second kappa shape index (κ2) is 9.26. The molecule has 0 unspecified atom stereocenters. The summed E-state index contributed by atoms with van der Waals surface area (Å²) in [5.74, 6) is -1.84. The third-order valence-electron chi connectivity index (χ3n) is 3.92. The molecule has 28 heavy (non-hydrogen) atoms. The zero-order chi connectivity index (χ0) is 20.7. The molecular weight excluding hydrogens is 368 g/mol. The zero-order valence-electron chi connectivity index (χ0n) is 15.2. The number of carbonyl (C=O) groups excluding carboxylic acids is 3. The molecule has 1 atom stereocenters. The topological polar surface area (TPSA) is 125 Å². The standard InChI is InChI=1S/C19H18N2O7/c1-27-18(23)14-5-3-4-13(11-14)17(22)20-16(19(24)28-2)10-12-6-8-15(9-7-12)21(25)26/h3-9,11,16H,10H2,1-2H3,(H,20,22)/t16-/m0/s1. The number of benzene rings is 2. The molecule has 0 aliphatic carbocycles. The lowest BCUT2D eigenvalue weighted by molar-refractivity contribution is -0.384. The maximum atomic E-state index is 12.5. The Kier molecular flexibility index (Phi) is 6.80. The van der Waals surface area contributed by atoms with Crippen molar-refractivity contribution >= 4 is 23.5 Å². The maximum absolute atomic E-state index is 12.5. The lowest BCUT2D eigenvalue weighted by Gasteiger charge is -2.17. The molecule has 0 bridgehead atoms. The smallest absolute Gasteiger partial charge is 0.337 e. The molecule has 9 nitrogen and oxygen atoms in total. The molecule has 0 fully saturated rings. The van der Waals surface area contributed by atoms with Gasteiger partial charge in [-0.15, -0.1) is 0 Å². The number of methoxy groups -OCH3 is 2. The average Bonchev–Trinajstić information content (AvgIpc) is 2.72. The summed E-state index contributed by atoms with van der Waals surface area (Å²) < 4.78 is 9.35. The number of nitrogens with one attached hydrogen (secondary N) is 1. The number of esters is 2. The molecule has 0 aliphatic rings. The van der Waals surface area contributed by atoms with Crippen molar-refractivity contribution in [3.05, 3.63) is 75.3 Å². The van der Waals surface area contributed by atoms with Crippen LogP contribution in [0.15, 0.2) is 48.5 Å². The molecule has 2 aromatic rings. The largest absolute Gasteiger partial charge is 0.467 e. The van der Waals surface area contributed by atoms with Gasteiger partial charge < -0.3 is 14.8 Å². The first-order chi connectivity index (χ1) is 13.3. The van der Waals surface area contributed by atoms with Gasteiger partial charge in [0.25, 0.3) is 11.6 Å². The molecular formula is C19H18N2O7. The minimum absolute atomic E-state index is 0.0765. The Balaban J connectivity index is 2.17. The van der Waals surface area contributed by atoms with Gasteiger partial charge in [-0.2, -0.15) is 0 Å². The molecule has 0 aromatic heterocycles. The molecule has 0 saturated heterocycles. The van der Waals surface area contributed by atoms with Gasteiger partial charge in [0.2, 0.25) is 0 Å². The third-order valence-corrected chi connectivity index (χ3v) is 3.92. The van der Waals surface area contributed by atoms with Gasteiger partial charge in [-0.1, -0.05) is 18.2 Å². The number of nitrogens with zero attached hydrogens (tertiary/aromatic N) is 1. The van der Waals surface area contributed by atoms with Gasteiger partial charge in [0.15, 0.2) is 0 Å². The van der Waals surface area contributed by atoms with Crippen molar-refractivity contribution in [1.82, 2.24) is 5.32 Å². The number of amides is 1. The van der Waals surface area contributed by atoms with Crippen molar-refractivity contribution < 1.29 is 28.8 Å². The highest BCUT2D eigenvalue weighted by molar-refractivity contribution is 5.99. The summed E-state index contributed by atoms with van der Waals surface area (Å²) >= 11 is 0. The fourth-order valence-electron chi connectivity index (χ4n) is 2.47. The molecule has 0 aliphatic heterocycles. The Morgan fingerprint density at radius 2 is 1.68 bits per heavy atom. The molecule has 0 spiro atoms. The van der Waals surface area contributed by atoms with Crippen LogP contribution in [-0.2, 0) is 20.7 Å². The van der Waals surface area contributed by atoms with Crippen molar-refractivity contribution in [2.45, 2.75) is 12.5 Å². The van der Waals surface area contributed by atoms with E-state index in [0.717, 1.165) is 0 Å². The van der Waals surface area contributed by atoms with E-state index in [2.05, 4.69) is 10.1 Å². The minimum atomic E-state index is -1.01. The van der Waals surface area contributed by atoms with Crippen LogP contribution in [0.2, 0.25) is 0 Å². The molecule has 146 valence electrons. The Hall–Kier alpha value is -3.75. The van der Waals surface area contributed by atoms with E-state index in [-0.39, 0.29) is 23.2 Å². The number of hydrogen-bond acceptors (Lipinski definition) is 7. The van der Waals surface area contributed by atoms with Crippen LogP contribution in [0.4, 0.5) is 5.69 Å². The number of non-ortho nitro benzene ring substituents is 1. The highest BCUT2D eigenvalue weighted by Gasteiger charge is 2.23. The van der Waals surface area contributed by atoms with E-state index in [1.807, 2.05) is 0 Å². The average molecular weight is 386 g/mol. The van der Waals surface area contributed by atoms with Crippen LogP contribution >= 0.6 is 0 Å². The first-order valence-corrected chi connectivity index (χ1v) is 8.16. The van der Waals surface area contributed by atoms with Gasteiger partial charge in [-0.3, -0.25) is 14.9 Å². The van der Waals surface area contributed by atoms with Crippen LogP contribution in [0.25, 0.3) is 0 Å². The number of carbonyl (C=O) groups is 3. The molecule has 2 aromatic carbocycles. The van der Waals surface area contributed by atoms with E-state index in [4.69, 9.17) is 4.74 Å². The number of nitro benzene ring substituents is 1. The molecule has 0 radical (unpaired) electrons. The SMILES string of the molecule is COC(=O)c1cccc(C(=O)N[C@@H](Cc2ccc([N+](=O)[O-])cc2)C(=O)OC)c1. The second-order valence-corrected chi connectivity index (χ2v) is 5.75. The quantitative estimate of drug-likeness (QED) is 0.438. The highest BCUT2D eigenvalue weighted by atomic mass is 16.6. The van der Waals surface area contributed by atoms with E-state index < -0.39 is 28.8 Å². The lowest BCUT2D eigenvalue weighted by Crippen LogP contribution is -2.43. The highest BCUT2D eigenvalue weighted by Crippen LogP contribution is 2.14. The normalized spacial score (nSPS) is 11.2. The van der Waals surface area contributed by atoms with Crippen LogP contribution in [0.3, 0.4) is 0 Å². The molecule has 0 heterocycles. The van der Waals surface area contributed by atoms with E-state index in [1.165, 1.54) is 62.8 Å². The Labute approximate surface area is 160 Å².